The van der Waals surface area contributed by atoms with Gasteiger partial charge in [0, 0.05) is 0 Å². The quantitative estimate of drug-likeness (QED) is 0.876. The van der Waals surface area contributed by atoms with E-state index in [-0.39, 0.29) is 12.5 Å². The van der Waals surface area contributed by atoms with Gasteiger partial charge in [-0.1, -0.05) is 11.6 Å². The molecular weight excluding hydrogens is 246 g/mol. The van der Waals surface area contributed by atoms with Crippen LogP contribution in [0.5, 0.6) is 0 Å². The Bertz CT molecular complexity index is 407. The Morgan fingerprint density at radius 3 is 2.75 bits per heavy atom. The molecule has 2 rings (SSSR count). The van der Waals surface area contributed by atoms with Crippen molar-refractivity contribution in [2.24, 2.45) is 0 Å². The fourth-order valence-electron chi connectivity index (χ4n) is 1.81. The van der Waals surface area contributed by atoms with E-state index in [1.807, 2.05) is 12.3 Å². The number of carbonyl (C=O) groups excluding carboxylic acids is 1. The average molecular weight is 260 g/mol. The van der Waals surface area contributed by atoms with Gasteiger partial charge >= 0.3 is 0 Å². The number of aryl methyl sites for hydroxylation is 1. The summed E-state index contributed by atoms with van der Waals surface area (Å²) in [5.41, 5.74) is 0.515. The first-order chi connectivity index (χ1) is 7.58. The van der Waals surface area contributed by atoms with Gasteiger partial charge in [0.2, 0.25) is 0 Å². The summed E-state index contributed by atoms with van der Waals surface area (Å²) < 4.78 is 0. The molecular formula is C11H14ClNO2S. The lowest BCUT2D eigenvalue weighted by Crippen LogP contribution is -2.56. The van der Waals surface area contributed by atoms with Crippen molar-refractivity contribution in [1.82, 2.24) is 5.32 Å². The summed E-state index contributed by atoms with van der Waals surface area (Å²) in [7, 11) is 0. The zero-order chi connectivity index (χ0) is 11.8. The first kappa shape index (κ1) is 11.9. The number of nitrogens with one attached hydrogen (secondary N) is 1. The molecule has 0 spiro atoms. The molecule has 0 aliphatic heterocycles. The first-order valence-corrected chi connectivity index (χ1v) is 6.51. The van der Waals surface area contributed by atoms with Gasteiger partial charge in [0.05, 0.1) is 17.2 Å². The molecule has 1 aromatic rings. The van der Waals surface area contributed by atoms with E-state index in [1.54, 1.807) is 0 Å². The average Bonchev–Trinajstić information content (AvgIpc) is 2.54. The number of rotatable bonds is 3. The van der Waals surface area contributed by atoms with E-state index in [4.69, 9.17) is 11.6 Å². The number of amides is 1. The fourth-order valence-corrected chi connectivity index (χ4v) is 2.98. The predicted octanol–water partition coefficient (Wildman–Crippen LogP) is 2.35. The Balaban J connectivity index is 2.11. The molecule has 0 aromatic carbocycles. The van der Waals surface area contributed by atoms with E-state index in [9.17, 15) is 9.90 Å². The minimum atomic E-state index is -0.404. The van der Waals surface area contributed by atoms with Crippen molar-refractivity contribution in [2.75, 3.05) is 6.61 Å². The molecule has 88 valence electrons. The highest BCUT2D eigenvalue weighted by Gasteiger charge is 2.38. The zero-order valence-corrected chi connectivity index (χ0v) is 10.6. The molecule has 0 bridgehead atoms. The predicted molar refractivity (Wildman–Crippen MR) is 65.2 cm³/mol. The molecule has 1 aliphatic carbocycles. The molecule has 5 heteroatoms. The number of hydrogen-bond acceptors (Lipinski definition) is 3. The maximum Gasteiger partial charge on any atom is 0.263 e. The normalized spacial score (nSPS) is 17.9. The number of thiophene rings is 1. The standard InChI is InChI=1S/C11H14ClNO2S/c1-7-5-16-9(8(7)12)10(15)13-11(6-14)3-2-4-11/h5,14H,2-4,6H2,1H3,(H,13,15). The number of aliphatic hydroxyl groups is 1. The van der Waals surface area contributed by atoms with Crippen molar-refractivity contribution in [3.8, 4) is 0 Å². The Hall–Kier alpha value is -0.580. The Morgan fingerprint density at radius 2 is 2.38 bits per heavy atom. The molecule has 2 N–H and O–H groups in total. The molecule has 0 unspecified atom stereocenters. The number of hydrogen-bond donors (Lipinski definition) is 2. The van der Waals surface area contributed by atoms with E-state index in [0.717, 1.165) is 24.8 Å². The van der Waals surface area contributed by atoms with Crippen LogP contribution in [0.2, 0.25) is 5.02 Å². The molecule has 1 heterocycles. The lowest BCUT2D eigenvalue weighted by Gasteiger charge is -2.40. The van der Waals surface area contributed by atoms with Crippen molar-refractivity contribution >= 4 is 28.8 Å². The summed E-state index contributed by atoms with van der Waals surface area (Å²) in [5.74, 6) is -0.170. The van der Waals surface area contributed by atoms with Gasteiger partial charge in [-0.25, -0.2) is 0 Å². The van der Waals surface area contributed by atoms with Crippen LogP contribution in [0.1, 0.15) is 34.5 Å². The van der Waals surface area contributed by atoms with Crippen LogP contribution in [-0.2, 0) is 0 Å². The second-order valence-corrected chi connectivity index (χ2v) is 5.57. The summed E-state index contributed by atoms with van der Waals surface area (Å²) in [6.07, 6.45) is 2.74. The van der Waals surface area contributed by atoms with E-state index in [0.29, 0.717) is 9.90 Å². The van der Waals surface area contributed by atoms with Crippen LogP contribution in [0.3, 0.4) is 0 Å². The van der Waals surface area contributed by atoms with E-state index >= 15 is 0 Å². The van der Waals surface area contributed by atoms with Crippen LogP contribution in [0.25, 0.3) is 0 Å². The van der Waals surface area contributed by atoms with Crippen LogP contribution in [-0.4, -0.2) is 23.2 Å². The van der Waals surface area contributed by atoms with Crippen LogP contribution in [0.15, 0.2) is 5.38 Å². The summed E-state index contributed by atoms with van der Waals surface area (Å²) in [4.78, 5) is 12.5. The number of halogens is 1. The van der Waals surface area contributed by atoms with Crippen LogP contribution < -0.4 is 5.32 Å². The zero-order valence-electron chi connectivity index (χ0n) is 9.05. The van der Waals surface area contributed by atoms with Gasteiger partial charge in [-0.3, -0.25) is 4.79 Å². The third-order valence-electron chi connectivity index (χ3n) is 3.10. The minimum Gasteiger partial charge on any atom is -0.394 e. The molecule has 0 atom stereocenters. The van der Waals surface area contributed by atoms with E-state index in [2.05, 4.69) is 5.32 Å². The topological polar surface area (TPSA) is 49.3 Å². The molecule has 1 saturated carbocycles. The Kier molecular flexibility index (Phi) is 3.24. The number of carbonyl (C=O) groups is 1. The molecule has 1 amide bonds. The smallest absolute Gasteiger partial charge is 0.263 e. The van der Waals surface area contributed by atoms with E-state index < -0.39 is 5.54 Å². The molecule has 1 aromatic heterocycles. The highest BCUT2D eigenvalue weighted by Crippen LogP contribution is 2.33. The Labute approximate surface area is 103 Å². The summed E-state index contributed by atoms with van der Waals surface area (Å²) in [6, 6.07) is 0. The van der Waals surface area contributed by atoms with Crippen molar-refractivity contribution in [3.05, 3.63) is 20.8 Å². The van der Waals surface area contributed by atoms with Gasteiger partial charge in [-0.2, -0.15) is 0 Å². The molecule has 3 nitrogen and oxygen atoms in total. The fraction of sp³-hybridized carbons (Fsp3) is 0.545. The van der Waals surface area contributed by atoms with Crippen LogP contribution in [0.4, 0.5) is 0 Å². The summed E-state index contributed by atoms with van der Waals surface area (Å²) in [5, 5.41) is 14.5. The third kappa shape index (κ3) is 1.97. The third-order valence-corrected chi connectivity index (χ3v) is 4.79. The van der Waals surface area contributed by atoms with Crippen molar-refractivity contribution < 1.29 is 9.90 Å². The van der Waals surface area contributed by atoms with Gasteiger partial charge in [0.15, 0.2) is 0 Å². The molecule has 16 heavy (non-hydrogen) atoms. The Morgan fingerprint density at radius 1 is 1.69 bits per heavy atom. The maximum absolute atomic E-state index is 11.9. The first-order valence-electron chi connectivity index (χ1n) is 5.25. The number of aliphatic hydroxyl groups excluding tert-OH is 1. The minimum absolute atomic E-state index is 0.000711. The van der Waals surface area contributed by atoms with Crippen molar-refractivity contribution in [2.45, 2.75) is 31.7 Å². The maximum atomic E-state index is 11.9. The highest BCUT2D eigenvalue weighted by molar-refractivity contribution is 7.13. The SMILES string of the molecule is Cc1csc(C(=O)NC2(CO)CCC2)c1Cl. The largest absolute Gasteiger partial charge is 0.394 e. The molecule has 1 aliphatic rings. The van der Waals surface area contributed by atoms with Gasteiger partial charge in [-0.05, 0) is 37.1 Å². The van der Waals surface area contributed by atoms with Gasteiger partial charge in [-0.15, -0.1) is 11.3 Å². The molecule has 0 saturated heterocycles. The van der Waals surface area contributed by atoms with Gasteiger partial charge in [0.25, 0.3) is 5.91 Å². The lowest BCUT2D eigenvalue weighted by atomic mass is 9.77. The van der Waals surface area contributed by atoms with Crippen molar-refractivity contribution in [3.63, 3.8) is 0 Å². The second-order valence-electron chi connectivity index (χ2n) is 4.31. The van der Waals surface area contributed by atoms with Gasteiger partial charge in [0.1, 0.15) is 4.88 Å². The molecule has 0 radical (unpaired) electrons. The monoisotopic (exact) mass is 259 g/mol. The highest BCUT2D eigenvalue weighted by atomic mass is 35.5. The van der Waals surface area contributed by atoms with Crippen LogP contribution >= 0.6 is 22.9 Å². The molecule has 1 fully saturated rings. The van der Waals surface area contributed by atoms with Crippen molar-refractivity contribution in [1.29, 1.82) is 0 Å². The summed E-state index contributed by atoms with van der Waals surface area (Å²) >= 11 is 7.37. The van der Waals surface area contributed by atoms with Gasteiger partial charge < -0.3 is 10.4 Å². The lowest BCUT2D eigenvalue weighted by molar-refractivity contribution is 0.0645. The van der Waals surface area contributed by atoms with Crippen LogP contribution in [0, 0.1) is 6.92 Å². The summed E-state index contributed by atoms with van der Waals surface area (Å²) in [6.45, 7) is 1.88. The second kappa shape index (κ2) is 4.35. The van der Waals surface area contributed by atoms with E-state index in [1.165, 1.54) is 11.3 Å².